The van der Waals surface area contributed by atoms with Crippen LogP contribution in [0.5, 0.6) is 0 Å². The van der Waals surface area contributed by atoms with Crippen LogP contribution in [0, 0.1) is 12.3 Å². The highest BCUT2D eigenvalue weighted by Crippen LogP contribution is 2.31. The second-order valence-corrected chi connectivity index (χ2v) is 4.50. The number of aromatic nitrogens is 1. The molecule has 0 aliphatic rings. The van der Waals surface area contributed by atoms with Crippen molar-refractivity contribution in [2.45, 2.75) is 0 Å². The Morgan fingerprint density at radius 1 is 1.37 bits per heavy atom. The Hall–Kier alpha value is -1.48. The minimum absolute atomic E-state index is 0.0299. The third-order valence-corrected chi connectivity index (χ3v) is 3.26. The number of nitrogens with zero attached hydrogens (tertiary/aromatic N) is 2. The summed E-state index contributed by atoms with van der Waals surface area (Å²) in [5.74, 6) is 0.240. The molecule has 0 unspecified atom stereocenters. The molecule has 8 heteroatoms. The van der Waals surface area contributed by atoms with Crippen molar-refractivity contribution in [3.63, 3.8) is 0 Å². The van der Waals surface area contributed by atoms with Gasteiger partial charge in [-0.25, -0.2) is 4.98 Å². The maximum absolute atomic E-state index is 12.1. The van der Waals surface area contributed by atoms with Gasteiger partial charge in [-0.05, 0) is 0 Å². The lowest BCUT2D eigenvalue weighted by Crippen LogP contribution is -2.36. The van der Waals surface area contributed by atoms with Gasteiger partial charge in [-0.2, -0.15) is 0 Å². The van der Waals surface area contributed by atoms with Crippen LogP contribution in [-0.4, -0.2) is 40.0 Å². The summed E-state index contributed by atoms with van der Waals surface area (Å²) in [5, 5.41) is 8.62. The monoisotopic (exact) mass is 320 g/mol. The Balaban J connectivity index is 3.14. The van der Waals surface area contributed by atoms with Crippen molar-refractivity contribution in [2.75, 3.05) is 13.1 Å². The number of amides is 1. The number of hydrogen-bond acceptors (Lipinski definition) is 3. The predicted octanol–water partition coefficient (Wildman–Crippen LogP) is 2.20. The highest BCUT2D eigenvalue weighted by molar-refractivity contribution is 6.48. The number of terminal acetylenes is 1. The lowest BCUT2D eigenvalue weighted by Gasteiger charge is -2.18. The number of aliphatic carboxylic acids is 1. The van der Waals surface area contributed by atoms with Crippen LogP contribution in [0.15, 0.2) is 6.20 Å². The maximum Gasteiger partial charge on any atom is 0.323 e. The third-order valence-electron chi connectivity index (χ3n) is 2.02. The van der Waals surface area contributed by atoms with E-state index in [9.17, 15) is 9.59 Å². The zero-order valence-electron chi connectivity index (χ0n) is 9.36. The first-order chi connectivity index (χ1) is 8.88. The molecule has 0 bridgehead atoms. The summed E-state index contributed by atoms with van der Waals surface area (Å²) in [5.41, 5.74) is -0.201. The van der Waals surface area contributed by atoms with Gasteiger partial charge in [-0.15, -0.1) is 6.42 Å². The molecule has 5 nitrogen and oxygen atoms in total. The topological polar surface area (TPSA) is 70.5 Å². The van der Waals surface area contributed by atoms with E-state index in [1.807, 2.05) is 0 Å². The van der Waals surface area contributed by atoms with Gasteiger partial charge in [0.1, 0.15) is 12.2 Å². The number of halogens is 3. The number of carboxylic acids is 1. The van der Waals surface area contributed by atoms with E-state index in [-0.39, 0.29) is 27.3 Å². The molecule has 0 aromatic carbocycles. The van der Waals surface area contributed by atoms with Crippen LogP contribution in [-0.2, 0) is 4.79 Å². The number of pyridine rings is 1. The molecule has 1 heterocycles. The molecule has 0 fully saturated rings. The molecule has 1 aromatic heterocycles. The quantitative estimate of drug-likeness (QED) is 0.863. The molecule has 0 spiro atoms. The van der Waals surface area contributed by atoms with Gasteiger partial charge < -0.3 is 10.0 Å². The van der Waals surface area contributed by atoms with Crippen LogP contribution >= 0.6 is 34.8 Å². The first-order valence-corrected chi connectivity index (χ1v) is 5.96. The number of hydrogen-bond donors (Lipinski definition) is 1. The van der Waals surface area contributed by atoms with Crippen molar-refractivity contribution in [1.82, 2.24) is 9.88 Å². The number of carbonyl (C=O) groups is 2. The Kier molecular flexibility index (Phi) is 5.43. The molecule has 0 radical (unpaired) electrons. The van der Waals surface area contributed by atoms with E-state index in [4.69, 9.17) is 46.3 Å². The zero-order valence-corrected chi connectivity index (χ0v) is 11.6. The van der Waals surface area contributed by atoms with Crippen LogP contribution in [0.3, 0.4) is 0 Å². The highest BCUT2D eigenvalue weighted by Gasteiger charge is 2.23. The smallest absolute Gasteiger partial charge is 0.323 e. The zero-order chi connectivity index (χ0) is 14.6. The van der Waals surface area contributed by atoms with Gasteiger partial charge in [0.05, 0.1) is 21.6 Å². The average Bonchev–Trinajstić information content (AvgIpc) is 2.34. The highest BCUT2D eigenvalue weighted by atomic mass is 35.5. The van der Waals surface area contributed by atoms with Crippen LogP contribution in [0.1, 0.15) is 10.5 Å². The summed E-state index contributed by atoms with van der Waals surface area (Å²) >= 11 is 17.3. The average molecular weight is 322 g/mol. The van der Waals surface area contributed by atoms with Crippen LogP contribution in [0.2, 0.25) is 15.1 Å². The van der Waals surface area contributed by atoms with E-state index in [0.717, 1.165) is 11.1 Å². The molecule has 0 aliphatic heterocycles. The molecule has 0 saturated heterocycles. The van der Waals surface area contributed by atoms with E-state index in [1.165, 1.54) is 0 Å². The lowest BCUT2D eigenvalue weighted by molar-refractivity contribution is -0.137. The number of carboxylic acid groups (broad SMARTS) is 1. The first-order valence-electron chi connectivity index (χ1n) is 4.82. The normalized spacial score (nSPS) is 9.79. The minimum Gasteiger partial charge on any atom is -0.480 e. The van der Waals surface area contributed by atoms with E-state index < -0.39 is 18.4 Å². The van der Waals surface area contributed by atoms with E-state index in [0.29, 0.717) is 0 Å². The fourth-order valence-electron chi connectivity index (χ4n) is 1.22. The molecule has 100 valence electrons. The van der Waals surface area contributed by atoms with Crippen molar-refractivity contribution in [2.24, 2.45) is 0 Å². The fraction of sp³-hybridized carbons (Fsp3) is 0.182. The molecule has 1 aromatic rings. The van der Waals surface area contributed by atoms with Crippen molar-refractivity contribution in [1.29, 1.82) is 0 Å². The molecule has 1 amide bonds. The van der Waals surface area contributed by atoms with Crippen molar-refractivity contribution in [3.05, 3.63) is 27.0 Å². The second-order valence-electron chi connectivity index (χ2n) is 3.34. The standard InChI is InChI=1S/C11H7Cl3N2O3/c1-2-3-16(5-7(17)18)11(19)10-9(14)8(13)6(12)4-15-10/h1,4H,3,5H2,(H,17,18). The van der Waals surface area contributed by atoms with Crippen LogP contribution in [0.25, 0.3) is 0 Å². The van der Waals surface area contributed by atoms with Crippen LogP contribution < -0.4 is 0 Å². The molecule has 0 saturated carbocycles. The third kappa shape index (κ3) is 3.74. The first kappa shape index (κ1) is 15.6. The largest absolute Gasteiger partial charge is 0.480 e. The van der Waals surface area contributed by atoms with Gasteiger partial charge in [-0.1, -0.05) is 40.7 Å². The minimum atomic E-state index is -1.21. The fourth-order valence-corrected chi connectivity index (χ4v) is 1.78. The molecule has 0 atom stereocenters. The molecule has 1 N–H and O–H groups in total. The number of carbonyl (C=O) groups excluding carboxylic acids is 1. The van der Waals surface area contributed by atoms with E-state index in [2.05, 4.69) is 10.9 Å². The summed E-state index contributed by atoms with van der Waals surface area (Å²) in [6, 6.07) is 0. The molecule has 19 heavy (non-hydrogen) atoms. The Labute approximate surface area is 124 Å². The Morgan fingerprint density at radius 3 is 2.53 bits per heavy atom. The van der Waals surface area contributed by atoms with E-state index >= 15 is 0 Å². The summed E-state index contributed by atoms with van der Waals surface area (Å²) in [6.45, 7) is -0.759. The molecule has 0 aliphatic carbocycles. The molecular weight excluding hydrogens is 314 g/mol. The van der Waals surface area contributed by atoms with Crippen LogP contribution in [0.4, 0.5) is 0 Å². The van der Waals surface area contributed by atoms with Crippen molar-refractivity contribution >= 4 is 46.7 Å². The predicted molar refractivity (Wildman–Crippen MR) is 71.6 cm³/mol. The van der Waals surface area contributed by atoms with Gasteiger partial charge in [0, 0.05) is 6.20 Å². The van der Waals surface area contributed by atoms with Gasteiger partial charge in [0.15, 0.2) is 0 Å². The van der Waals surface area contributed by atoms with Crippen molar-refractivity contribution < 1.29 is 14.7 Å². The second kappa shape index (κ2) is 6.62. The molecular formula is C11H7Cl3N2O3. The summed E-state index contributed by atoms with van der Waals surface area (Å²) < 4.78 is 0. The number of rotatable bonds is 4. The van der Waals surface area contributed by atoms with Gasteiger partial charge >= 0.3 is 5.97 Å². The maximum atomic E-state index is 12.1. The van der Waals surface area contributed by atoms with Crippen molar-refractivity contribution in [3.8, 4) is 12.3 Å². The summed E-state index contributed by atoms with van der Waals surface area (Å²) in [6.07, 6.45) is 6.23. The van der Waals surface area contributed by atoms with E-state index in [1.54, 1.807) is 0 Å². The van der Waals surface area contributed by atoms with Gasteiger partial charge in [0.25, 0.3) is 5.91 Å². The molecule has 1 rings (SSSR count). The lowest BCUT2D eigenvalue weighted by atomic mass is 10.3. The summed E-state index contributed by atoms with van der Waals surface area (Å²) in [4.78, 5) is 27.4. The Bertz CT molecular complexity index is 569. The summed E-state index contributed by atoms with van der Waals surface area (Å²) in [7, 11) is 0. The Morgan fingerprint density at radius 2 is 2.00 bits per heavy atom. The van der Waals surface area contributed by atoms with Gasteiger partial charge in [0.2, 0.25) is 0 Å². The van der Waals surface area contributed by atoms with Gasteiger partial charge in [-0.3, -0.25) is 9.59 Å². The SMILES string of the molecule is C#CCN(CC(=O)O)C(=O)c1ncc(Cl)c(Cl)c1Cl.